The molecule has 4 heterocycles. The van der Waals surface area contributed by atoms with Crippen molar-refractivity contribution in [2.75, 3.05) is 10.2 Å². The Bertz CT molecular complexity index is 4040. The zero-order valence-corrected chi connectivity index (χ0v) is 43.6. The number of anilines is 5. The van der Waals surface area contributed by atoms with Crippen molar-refractivity contribution < 1.29 is 0 Å². The van der Waals surface area contributed by atoms with Gasteiger partial charge in [0.05, 0.1) is 22.1 Å². The van der Waals surface area contributed by atoms with Crippen molar-refractivity contribution in [1.82, 2.24) is 19.2 Å². The van der Waals surface area contributed by atoms with Gasteiger partial charge in [0.1, 0.15) is 4.60 Å². The van der Waals surface area contributed by atoms with E-state index < -0.39 is 0 Å². The van der Waals surface area contributed by atoms with Crippen LogP contribution in [-0.2, 0) is 0 Å². The second-order valence-corrected chi connectivity index (χ2v) is 19.4. The molecule has 0 atom stereocenters. The summed E-state index contributed by atoms with van der Waals surface area (Å²) in [6.07, 6.45) is 0. The number of rotatable bonds is 9. The fraction of sp³-hybridized carbons (Fsp3) is 0. The smallest absolute Gasteiger partial charge is 0.160 e. The molecule has 0 unspecified atom stereocenters. The molecule has 0 bridgehead atoms. The van der Waals surface area contributed by atoms with Gasteiger partial charge in [0.2, 0.25) is 0 Å². The van der Waals surface area contributed by atoms with Crippen molar-refractivity contribution >= 4 is 77.3 Å². The van der Waals surface area contributed by atoms with E-state index in [-0.39, 0.29) is 0 Å². The summed E-state index contributed by atoms with van der Waals surface area (Å²) in [5, 5.41) is 15.3. The fourth-order valence-corrected chi connectivity index (χ4v) is 10.1. The zero-order chi connectivity index (χ0) is 51.8. The largest absolute Gasteiger partial charge is 0.356 e. The maximum absolute atomic E-state index is 5.10. The molecule has 1 N–H and O–H groups in total. The minimum Gasteiger partial charge on any atom is -0.356 e. The summed E-state index contributed by atoms with van der Waals surface area (Å²) in [6.45, 7) is 0. The molecule has 0 spiro atoms. The molecule has 7 heteroatoms. The normalized spacial score (nSPS) is 10.9. The van der Waals surface area contributed by atoms with E-state index >= 15 is 0 Å². The highest BCUT2D eigenvalue weighted by Crippen LogP contribution is 2.37. The molecule has 0 fully saturated rings. The van der Waals surface area contributed by atoms with Gasteiger partial charge in [0.15, 0.2) is 5.82 Å². The van der Waals surface area contributed by atoms with E-state index in [1.165, 1.54) is 55.3 Å². The van der Waals surface area contributed by atoms with Crippen molar-refractivity contribution in [3.05, 3.63) is 308 Å². The van der Waals surface area contributed by atoms with E-state index in [4.69, 9.17) is 5.10 Å². The fourth-order valence-electron chi connectivity index (χ4n) is 9.67. The lowest BCUT2D eigenvalue weighted by Gasteiger charge is -2.23. The molecule has 0 amide bonds. The topological polar surface area (TPSA) is 49.9 Å². The van der Waals surface area contributed by atoms with Gasteiger partial charge in [-0.25, -0.2) is 9.03 Å². The molecule has 14 rings (SSSR count). The van der Waals surface area contributed by atoms with Crippen LogP contribution in [-0.4, -0.2) is 19.2 Å². The van der Waals surface area contributed by atoms with Crippen LogP contribution in [0, 0.1) is 0 Å². The monoisotopic (exact) mass is 1050 g/mol. The van der Waals surface area contributed by atoms with Crippen molar-refractivity contribution in [2.45, 2.75) is 0 Å². The Morgan fingerprint density at radius 1 is 0.299 bits per heavy atom. The first-order valence-corrected chi connectivity index (χ1v) is 26.5. The molecule has 77 heavy (non-hydrogen) atoms. The van der Waals surface area contributed by atoms with Gasteiger partial charge in [-0.15, -0.1) is 5.10 Å². The zero-order valence-electron chi connectivity index (χ0n) is 42.0. The number of hydrogen-bond acceptors (Lipinski definition) is 4. The average molecular weight is 1060 g/mol. The molecule has 6 nitrogen and oxygen atoms in total. The molecule has 0 aliphatic rings. The van der Waals surface area contributed by atoms with Crippen molar-refractivity contribution in [3.8, 4) is 44.5 Å². The van der Waals surface area contributed by atoms with Crippen molar-refractivity contribution in [2.24, 2.45) is 0 Å². The number of hydrogen-bond donors (Lipinski definition) is 1. The average Bonchev–Trinajstić information content (AvgIpc) is 4.16. The first-order chi connectivity index (χ1) is 38.1. The second-order valence-electron chi connectivity index (χ2n) is 18.6. The van der Waals surface area contributed by atoms with Crippen LogP contribution in [0.15, 0.2) is 308 Å². The third kappa shape index (κ3) is 10.9. The number of halogens is 1. The summed E-state index contributed by atoms with van der Waals surface area (Å²) in [7, 11) is 0. The van der Waals surface area contributed by atoms with Crippen LogP contribution in [0.2, 0.25) is 0 Å². The van der Waals surface area contributed by atoms with Gasteiger partial charge in [-0.3, -0.25) is 4.90 Å². The molecule has 0 aliphatic carbocycles. The maximum Gasteiger partial charge on any atom is 0.160 e. The van der Waals surface area contributed by atoms with Crippen LogP contribution in [0.5, 0.6) is 0 Å². The first kappa shape index (κ1) is 48.1. The van der Waals surface area contributed by atoms with Gasteiger partial charge in [-0.05, 0) is 139 Å². The van der Waals surface area contributed by atoms with E-state index in [2.05, 4.69) is 292 Å². The van der Waals surface area contributed by atoms with E-state index in [9.17, 15) is 0 Å². The highest BCUT2D eigenvalue weighted by Gasteiger charge is 2.18. The number of aromatic nitrogens is 4. The minimum absolute atomic E-state index is 0.869. The Kier molecular flexibility index (Phi) is 14.0. The SMILES string of the molecule is Brc1cc2ccc3ccccc3n2n1.c1ccc(-c2ccc(N(c3ccc(-c4ccccc4)cc3)c3cc4ccc5ccccc5n4n3)cc2)cc1.c1ccc(-c2ccc(Nc3ccc(-c4ccccc4)cc3)cc2)cc1. The van der Waals surface area contributed by atoms with Crippen LogP contribution in [0.3, 0.4) is 0 Å². The number of nitrogens with one attached hydrogen (secondary N) is 1. The van der Waals surface area contributed by atoms with Crippen LogP contribution >= 0.6 is 15.9 Å². The van der Waals surface area contributed by atoms with Crippen LogP contribution in [0.25, 0.3) is 77.3 Å². The van der Waals surface area contributed by atoms with Gasteiger partial charge >= 0.3 is 0 Å². The van der Waals surface area contributed by atoms with Gasteiger partial charge in [0.25, 0.3) is 0 Å². The molecule has 14 aromatic rings. The third-order valence-electron chi connectivity index (χ3n) is 13.6. The quantitative estimate of drug-likeness (QED) is 0.156. The van der Waals surface area contributed by atoms with E-state index in [1.54, 1.807) is 0 Å². The summed E-state index contributed by atoms with van der Waals surface area (Å²) in [5.74, 6) is 0.876. The van der Waals surface area contributed by atoms with Gasteiger partial charge < -0.3 is 5.32 Å². The first-order valence-electron chi connectivity index (χ1n) is 25.7. The number of nitrogens with zero attached hydrogens (tertiary/aromatic N) is 5. The molecule has 368 valence electrons. The summed E-state index contributed by atoms with van der Waals surface area (Å²) < 4.78 is 4.85. The number of para-hydroxylation sites is 2. The standard InChI is InChI=1S/C35H25N3.C24H19N.C11H7BrN2/c1-3-9-26(10-4-1)28-15-20-31(21-16-28)37(32-22-17-29(18-23-32)27-11-5-2-6-12-27)35-25-33-24-19-30-13-7-8-14-34(30)38(33)36-35;1-3-7-19(8-4-1)21-11-15-23(16-12-21)25-24-17-13-22(14-18-24)20-9-5-2-6-10-20;12-11-7-9-6-5-8-3-1-2-4-10(8)14(9)13-11/h1-25H;1-18,25H;1-7H. The lowest BCUT2D eigenvalue weighted by atomic mass is 10.0. The summed E-state index contributed by atoms with van der Waals surface area (Å²) in [6, 6.07) is 106. The molecule has 0 aliphatic heterocycles. The predicted octanol–water partition coefficient (Wildman–Crippen LogP) is 19.3. The van der Waals surface area contributed by atoms with E-state index in [0.717, 1.165) is 55.2 Å². The Morgan fingerprint density at radius 2 is 0.623 bits per heavy atom. The minimum atomic E-state index is 0.869. The van der Waals surface area contributed by atoms with Crippen molar-refractivity contribution in [1.29, 1.82) is 0 Å². The molecular formula is C70H51BrN6. The molecule has 0 saturated heterocycles. The Balaban J connectivity index is 0.000000130. The van der Waals surface area contributed by atoms with Gasteiger partial charge in [-0.1, -0.05) is 218 Å². The number of pyridine rings is 2. The predicted molar refractivity (Wildman–Crippen MR) is 326 cm³/mol. The second kappa shape index (κ2) is 22.3. The maximum atomic E-state index is 5.10. The molecule has 0 radical (unpaired) electrons. The summed E-state index contributed by atoms with van der Waals surface area (Å²) in [5.41, 5.74) is 18.4. The Hall–Kier alpha value is -9.82. The Morgan fingerprint density at radius 3 is 1.03 bits per heavy atom. The molecule has 4 aromatic heterocycles. The van der Waals surface area contributed by atoms with Crippen LogP contribution in [0.4, 0.5) is 28.6 Å². The molecular weight excluding hydrogens is 1000 g/mol. The summed E-state index contributed by atoms with van der Waals surface area (Å²) in [4.78, 5) is 2.23. The van der Waals surface area contributed by atoms with Crippen molar-refractivity contribution in [3.63, 3.8) is 0 Å². The number of benzene rings is 10. The van der Waals surface area contributed by atoms with E-state index in [0.29, 0.717) is 0 Å². The van der Waals surface area contributed by atoms with Gasteiger partial charge in [0, 0.05) is 39.6 Å². The lowest BCUT2D eigenvalue weighted by Crippen LogP contribution is -2.10. The lowest BCUT2D eigenvalue weighted by molar-refractivity contribution is 0.988. The van der Waals surface area contributed by atoms with Crippen LogP contribution in [0.1, 0.15) is 0 Å². The van der Waals surface area contributed by atoms with Gasteiger partial charge in [-0.2, -0.15) is 5.10 Å². The van der Waals surface area contributed by atoms with E-state index in [1.807, 2.05) is 51.5 Å². The molecule has 0 saturated carbocycles. The highest BCUT2D eigenvalue weighted by atomic mass is 79.9. The summed E-state index contributed by atoms with van der Waals surface area (Å²) >= 11 is 3.38. The molecule has 10 aromatic carbocycles. The van der Waals surface area contributed by atoms with Crippen LogP contribution < -0.4 is 10.2 Å². The highest BCUT2D eigenvalue weighted by molar-refractivity contribution is 9.10. The third-order valence-corrected chi connectivity index (χ3v) is 14.0. The number of fused-ring (bicyclic) bond motifs is 6. The Labute approximate surface area is 456 Å².